The van der Waals surface area contributed by atoms with Gasteiger partial charge in [-0.05, 0) is 40.9 Å². The van der Waals surface area contributed by atoms with E-state index in [0.29, 0.717) is 5.56 Å². The maximum absolute atomic E-state index is 11.4. The molecular weight excluding hydrogens is 296 g/mol. The number of benzene rings is 1. The fourth-order valence-electron chi connectivity index (χ4n) is 3.30. The molecule has 0 radical (unpaired) electrons. The van der Waals surface area contributed by atoms with Gasteiger partial charge < -0.3 is 10.8 Å². The fourth-order valence-corrected chi connectivity index (χ4v) is 3.30. The maximum atomic E-state index is 11.4. The molecule has 0 saturated heterocycles. The van der Waals surface area contributed by atoms with Crippen molar-refractivity contribution in [2.75, 3.05) is 0 Å². The molecule has 1 aromatic rings. The number of hydrogen-bond acceptors (Lipinski definition) is 4. The van der Waals surface area contributed by atoms with Crippen molar-refractivity contribution in [1.29, 1.82) is 0 Å². The smallest absolute Gasteiger partial charge is 0.320 e. The van der Waals surface area contributed by atoms with Gasteiger partial charge in [-0.1, -0.05) is 27.7 Å². The Balaban J connectivity index is 2.65. The summed E-state index contributed by atoms with van der Waals surface area (Å²) in [7, 11) is 0. The van der Waals surface area contributed by atoms with Crippen LogP contribution in [0.4, 0.5) is 5.69 Å². The molecule has 0 fully saturated rings. The lowest BCUT2D eigenvalue weighted by atomic mass is 9.62. The average Bonchev–Trinajstić information content (AvgIpc) is 2.43. The van der Waals surface area contributed by atoms with E-state index in [9.17, 15) is 14.9 Å². The van der Waals surface area contributed by atoms with Gasteiger partial charge in [0, 0.05) is 18.1 Å². The van der Waals surface area contributed by atoms with Crippen LogP contribution in [0.5, 0.6) is 0 Å². The van der Waals surface area contributed by atoms with Gasteiger partial charge in [-0.2, -0.15) is 0 Å². The van der Waals surface area contributed by atoms with Crippen molar-refractivity contribution in [1.82, 2.24) is 0 Å². The molecule has 0 amide bonds. The largest absolute Gasteiger partial charge is 0.480 e. The zero-order chi connectivity index (χ0) is 17.6. The van der Waals surface area contributed by atoms with E-state index in [1.807, 2.05) is 0 Å². The van der Waals surface area contributed by atoms with Crippen molar-refractivity contribution in [3.05, 3.63) is 38.9 Å². The maximum Gasteiger partial charge on any atom is 0.320 e. The molecule has 0 bridgehead atoms. The Kier molecular flexibility index (Phi) is 4.24. The first kappa shape index (κ1) is 17.4. The van der Waals surface area contributed by atoms with E-state index in [-0.39, 0.29) is 22.9 Å². The highest BCUT2D eigenvalue weighted by Gasteiger charge is 2.39. The Bertz CT molecular complexity index is 665. The molecule has 0 aliphatic heterocycles. The number of carbonyl (C=O) groups is 1. The summed E-state index contributed by atoms with van der Waals surface area (Å²) in [5.74, 6) is -1.16. The number of nitro benzene ring substituents is 1. The molecule has 0 heterocycles. The summed E-state index contributed by atoms with van der Waals surface area (Å²) in [5.41, 5.74) is 7.76. The number of nitrogens with two attached hydrogens (primary N) is 1. The van der Waals surface area contributed by atoms with Crippen LogP contribution in [0.2, 0.25) is 0 Å². The summed E-state index contributed by atoms with van der Waals surface area (Å²) in [4.78, 5) is 22.0. The lowest BCUT2D eigenvalue weighted by Crippen LogP contribution is -2.35. The molecule has 1 aromatic carbocycles. The van der Waals surface area contributed by atoms with Crippen molar-refractivity contribution < 1.29 is 14.8 Å². The third-order valence-corrected chi connectivity index (χ3v) is 5.01. The number of fused-ring (bicyclic) bond motifs is 1. The van der Waals surface area contributed by atoms with Gasteiger partial charge in [0.1, 0.15) is 6.04 Å². The zero-order valence-corrected chi connectivity index (χ0v) is 14.0. The zero-order valence-electron chi connectivity index (χ0n) is 14.0. The van der Waals surface area contributed by atoms with Gasteiger partial charge in [0.2, 0.25) is 0 Å². The number of aliphatic carboxylic acids is 1. The lowest BCUT2D eigenvalue weighted by Gasteiger charge is -2.42. The Hall–Kier alpha value is -1.95. The number of rotatable bonds is 4. The van der Waals surface area contributed by atoms with Gasteiger partial charge in [0.05, 0.1) is 4.92 Å². The number of nitro groups is 1. The molecule has 6 nitrogen and oxygen atoms in total. The van der Waals surface area contributed by atoms with Crippen molar-refractivity contribution in [2.45, 2.75) is 63.8 Å². The third-order valence-electron chi connectivity index (χ3n) is 5.01. The third kappa shape index (κ3) is 3.22. The van der Waals surface area contributed by atoms with Gasteiger partial charge in [0.25, 0.3) is 5.69 Å². The molecule has 0 saturated carbocycles. The van der Waals surface area contributed by atoms with E-state index < -0.39 is 16.9 Å². The SMILES string of the molecule is CC1(C)CCC(C)(C)c2cc([N+](=O)[O-])c(CC(N)C(=O)O)cc21. The second-order valence-corrected chi connectivity index (χ2v) is 7.70. The average molecular weight is 320 g/mol. The van der Waals surface area contributed by atoms with Crippen LogP contribution in [0.1, 0.15) is 57.2 Å². The number of carboxylic acids is 1. The van der Waals surface area contributed by atoms with E-state index in [0.717, 1.165) is 24.0 Å². The second kappa shape index (κ2) is 5.60. The highest BCUT2D eigenvalue weighted by Crippen LogP contribution is 2.47. The summed E-state index contributed by atoms with van der Waals surface area (Å²) in [5, 5.41) is 20.5. The molecule has 2 rings (SSSR count). The summed E-state index contributed by atoms with van der Waals surface area (Å²) in [6, 6.07) is 2.28. The first-order chi connectivity index (χ1) is 10.5. The van der Waals surface area contributed by atoms with Gasteiger partial charge >= 0.3 is 5.97 Å². The van der Waals surface area contributed by atoms with Crippen LogP contribution >= 0.6 is 0 Å². The van der Waals surface area contributed by atoms with Gasteiger partial charge in [-0.15, -0.1) is 0 Å². The highest BCUT2D eigenvalue weighted by atomic mass is 16.6. The fraction of sp³-hybridized carbons (Fsp3) is 0.588. The molecular formula is C17H24N2O4. The van der Waals surface area contributed by atoms with E-state index in [1.165, 1.54) is 0 Å². The van der Waals surface area contributed by atoms with E-state index in [4.69, 9.17) is 10.8 Å². The molecule has 3 N–H and O–H groups in total. The molecule has 6 heteroatoms. The van der Waals surface area contributed by atoms with Crippen LogP contribution in [0.15, 0.2) is 12.1 Å². The standard InChI is InChI=1S/C17H24N2O4/c1-16(2)5-6-17(3,4)12-9-14(19(22)23)10(7-11(12)16)8-13(18)15(20)21/h7,9,13H,5-6,8,18H2,1-4H3,(H,20,21). The Labute approximate surface area is 135 Å². The highest BCUT2D eigenvalue weighted by molar-refractivity contribution is 5.74. The quantitative estimate of drug-likeness (QED) is 0.655. The first-order valence-corrected chi connectivity index (χ1v) is 7.76. The molecule has 126 valence electrons. The minimum Gasteiger partial charge on any atom is -0.480 e. The number of carboxylic acid groups (broad SMARTS) is 1. The normalized spacial score (nSPS) is 19.7. The van der Waals surface area contributed by atoms with E-state index in [1.54, 1.807) is 12.1 Å². The molecule has 0 spiro atoms. The molecule has 1 atom stereocenters. The van der Waals surface area contributed by atoms with Crippen molar-refractivity contribution >= 4 is 11.7 Å². The summed E-state index contributed by atoms with van der Waals surface area (Å²) in [6.45, 7) is 8.42. The van der Waals surface area contributed by atoms with Crippen molar-refractivity contribution in [3.8, 4) is 0 Å². The monoisotopic (exact) mass is 320 g/mol. The Morgan fingerprint density at radius 2 is 1.74 bits per heavy atom. The van der Waals surface area contributed by atoms with Crippen LogP contribution in [0.3, 0.4) is 0 Å². The van der Waals surface area contributed by atoms with Gasteiger partial charge in [-0.25, -0.2) is 0 Å². The summed E-state index contributed by atoms with van der Waals surface area (Å²) in [6.07, 6.45) is 1.89. The minimum atomic E-state index is -1.16. The van der Waals surface area contributed by atoms with Crippen LogP contribution in [0, 0.1) is 10.1 Å². The Morgan fingerprint density at radius 1 is 1.26 bits per heavy atom. The molecule has 23 heavy (non-hydrogen) atoms. The number of hydrogen-bond donors (Lipinski definition) is 2. The van der Waals surface area contributed by atoms with E-state index in [2.05, 4.69) is 27.7 Å². The van der Waals surface area contributed by atoms with Crippen LogP contribution in [0.25, 0.3) is 0 Å². The van der Waals surface area contributed by atoms with Gasteiger partial charge in [0.15, 0.2) is 0 Å². The predicted octanol–water partition coefficient (Wildman–Crippen LogP) is 2.90. The number of nitrogens with zero attached hydrogens (tertiary/aromatic N) is 1. The van der Waals surface area contributed by atoms with E-state index >= 15 is 0 Å². The Morgan fingerprint density at radius 3 is 2.17 bits per heavy atom. The van der Waals surface area contributed by atoms with Crippen molar-refractivity contribution in [2.24, 2.45) is 5.73 Å². The van der Waals surface area contributed by atoms with Crippen LogP contribution in [-0.4, -0.2) is 22.0 Å². The second-order valence-electron chi connectivity index (χ2n) is 7.70. The minimum absolute atomic E-state index is 0.0359. The molecule has 1 unspecified atom stereocenters. The summed E-state index contributed by atoms with van der Waals surface area (Å²) < 4.78 is 0. The van der Waals surface area contributed by atoms with Crippen LogP contribution < -0.4 is 5.73 Å². The molecule has 1 aliphatic rings. The first-order valence-electron chi connectivity index (χ1n) is 7.76. The molecule has 1 aliphatic carbocycles. The van der Waals surface area contributed by atoms with Crippen molar-refractivity contribution in [3.63, 3.8) is 0 Å². The predicted molar refractivity (Wildman–Crippen MR) is 87.7 cm³/mol. The summed E-state index contributed by atoms with van der Waals surface area (Å²) >= 11 is 0. The molecule has 0 aromatic heterocycles. The van der Waals surface area contributed by atoms with Crippen LogP contribution in [-0.2, 0) is 22.0 Å². The topological polar surface area (TPSA) is 106 Å². The lowest BCUT2D eigenvalue weighted by molar-refractivity contribution is -0.385. The van der Waals surface area contributed by atoms with Gasteiger partial charge in [-0.3, -0.25) is 14.9 Å².